The highest BCUT2D eigenvalue weighted by atomic mass is 32.2. The van der Waals surface area contributed by atoms with E-state index >= 15 is 0 Å². The summed E-state index contributed by atoms with van der Waals surface area (Å²) in [5.74, 6) is 3.16. The first kappa shape index (κ1) is 109. The third-order valence-corrected chi connectivity index (χ3v) is 20.6. The van der Waals surface area contributed by atoms with Crippen LogP contribution >= 0.6 is 11.8 Å². The van der Waals surface area contributed by atoms with Gasteiger partial charge in [-0.3, -0.25) is 62.8 Å². The summed E-state index contributed by atoms with van der Waals surface area (Å²) in [5.41, 5.74) is 7.09. The number of hydrogen-bond acceptors (Lipinski definition) is 29. The number of rotatable bonds is 28. The monoisotopic (exact) mass is 1810 g/mol. The second-order valence-electron chi connectivity index (χ2n) is 31.8. The quantitative estimate of drug-likeness (QED) is 0.0325. The Labute approximate surface area is 764 Å². The lowest BCUT2D eigenvalue weighted by Crippen LogP contribution is -2.41. The van der Waals surface area contributed by atoms with E-state index in [9.17, 15) is 43.2 Å². The molecular formula is C95H140N14O19S. The highest BCUT2D eigenvalue weighted by Gasteiger charge is 2.22. The summed E-state index contributed by atoms with van der Waals surface area (Å²) in [6.07, 6.45) is 16.6. The van der Waals surface area contributed by atoms with Gasteiger partial charge in [0.25, 0.3) is 0 Å². The number of benzene rings is 4. The Morgan fingerprint density at radius 3 is 1.19 bits per heavy atom. The Balaban J connectivity index is 0.000000259. The van der Waals surface area contributed by atoms with Crippen molar-refractivity contribution < 1.29 is 90.5 Å². The minimum Gasteiger partial charge on any atom is -0.464 e. The van der Waals surface area contributed by atoms with E-state index in [2.05, 4.69) is 48.7 Å². The molecule has 9 aromatic rings. The van der Waals surface area contributed by atoms with Gasteiger partial charge < -0.3 is 70.2 Å². The van der Waals surface area contributed by atoms with Gasteiger partial charge in [-0.2, -0.15) is 11.8 Å². The first-order chi connectivity index (χ1) is 61.6. The molecule has 0 saturated carbocycles. The normalized spacial score (nSPS) is 15.4. The molecule has 7 unspecified atom stereocenters. The third kappa shape index (κ3) is 46.3. The molecule has 0 bridgehead atoms. The fourth-order valence-corrected chi connectivity index (χ4v) is 15.4. The zero-order chi connectivity index (χ0) is 94.6. The number of likely N-dealkylation sites (tertiary alicyclic amines) is 2. The fourth-order valence-electron chi connectivity index (χ4n) is 14.5. The standard InChI is InChI=1S/C18H18N2O2.C13H16N2O2.C12H14N2O2.C10H19NO2.C9H17NO3.C9H17NO2S.C9H17NO2.C8H12N2O2.C7H10N2O2/c1-13(22-14(2)21)12-20-17-11-7-6-10-16(17)19-18(20)15-8-4-3-5-9-15;1-9(17-11(3)16)8-15-10(2)14-12-6-4-5-7-13(12)15;1-9(16-10(2)15)7-14-8-13-11-5-3-4-6-12(11)14;1-9(13-10(2)12)8-11-6-4-3-5-7-11;1-8(13-9(2)11)7-10-3-5-12-6-4-10;1-8(12-9(2)11)7-10-3-5-13-6-4-10;1-8(12-9(2)11)7-10-5-3-4-6-10;1-7-9-3-4-10(7)5-6-12-8(2)11;1-7(10)11-5-4-9-3-2-8-6-9/h3-11,13H,12H2,1-2H3;4-7,9H,8H2,1-3H3;3-6,8-9H,7H2,1-2H3;9H,3-8H2,1-2H3;2*8H,3-7H2,1-2H3;8H,3-7H2,1-2H3;3-4H,5-6H2,1-2H3;2-3,6H,4-5H2,1H3. The van der Waals surface area contributed by atoms with Gasteiger partial charge in [-0.25, -0.2) is 24.9 Å². The number of piperidine rings is 1. The minimum absolute atomic E-state index is 0.0180. The summed E-state index contributed by atoms with van der Waals surface area (Å²) in [6.45, 7) is 47.9. The van der Waals surface area contributed by atoms with Crippen molar-refractivity contribution in [3.05, 3.63) is 152 Å². The van der Waals surface area contributed by atoms with E-state index in [0.717, 1.165) is 148 Å². The maximum Gasteiger partial charge on any atom is 0.302 e. The summed E-state index contributed by atoms with van der Waals surface area (Å²) in [6, 6.07) is 33.9. The first-order valence-corrected chi connectivity index (χ1v) is 45.5. The fraction of sp³-hybridized carbons (Fsp3) is 0.558. The molecule has 4 aromatic carbocycles. The number of para-hydroxylation sites is 6. The molecule has 0 radical (unpaired) electrons. The largest absolute Gasteiger partial charge is 0.464 e. The van der Waals surface area contributed by atoms with Crippen LogP contribution in [0.15, 0.2) is 141 Å². The predicted molar refractivity (Wildman–Crippen MR) is 497 cm³/mol. The topological polar surface area (TPSA) is 348 Å². The van der Waals surface area contributed by atoms with Gasteiger partial charge in [-0.1, -0.05) is 73.2 Å². The first-order valence-electron chi connectivity index (χ1n) is 44.4. The Bertz CT molecular complexity index is 4650. The van der Waals surface area contributed by atoms with E-state index in [1.54, 1.807) is 25.0 Å². The van der Waals surface area contributed by atoms with Gasteiger partial charge in [0.15, 0.2) is 0 Å². The average molecular weight is 1810 g/mol. The van der Waals surface area contributed by atoms with E-state index < -0.39 is 0 Å². The van der Waals surface area contributed by atoms with Crippen molar-refractivity contribution >= 4 is 98.6 Å². The molecule has 710 valence electrons. The Morgan fingerprint density at radius 1 is 0.364 bits per heavy atom. The number of carbonyl (C=O) groups excluding carboxylic acids is 9. The van der Waals surface area contributed by atoms with E-state index in [1.165, 1.54) is 106 Å². The lowest BCUT2D eigenvalue weighted by Gasteiger charge is -2.28. The SMILES string of the molecule is CC(=O)OC(C)CN1CCCC1.CC(=O)OC(C)CN1CCCCC1.CC(=O)OC(C)CN1CCOCC1.CC(=O)OC(C)CN1CCSCC1.CC(=O)OC(C)Cn1c(-c2ccccc2)nc2ccccc21.CC(=O)OC(C)Cn1c(C)nc2ccccc21.CC(=O)OC(C)Cn1cnc2ccccc21.CC(=O)OCCn1ccnc1.CC(=O)OCCn1ccnc1C. The molecule has 9 heterocycles. The van der Waals surface area contributed by atoms with Crippen LogP contribution < -0.4 is 0 Å². The van der Waals surface area contributed by atoms with Crippen LogP contribution in [0.5, 0.6) is 0 Å². The van der Waals surface area contributed by atoms with Crippen LogP contribution in [0.25, 0.3) is 44.5 Å². The smallest absolute Gasteiger partial charge is 0.302 e. The molecule has 4 fully saturated rings. The number of ether oxygens (including phenoxy) is 10. The van der Waals surface area contributed by atoms with Crippen molar-refractivity contribution in [1.82, 2.24) is 67.4 Å². The molecule has 4 saturated heterocycles. The van der Waals surface area contributed by atoms with Gasteiger partial charge >= 0.3 is 53.7 Å². The number of nitrogens with zero attached hydrogens (tertiary/aromatic N) is 14. The zero-order valence-electron chi connectivity index (χ0n) is 79.0. The van der Waals surface area contributed by atoms with Crippen molar-refractivity contribution in [3.8, 4) is 11.4 Å². The maximum absolute atomic E-state index is 11.2. The van der Waals surface area contributed by atoms with Crippen LogP contribution in [0.3, 0.4) is 0 Å². The van der Waals surface area contributed by atoms with Crippen molar-refractivity contribution in [1.29, 1.82) is 0 Å². The highest BCUT2D eigenvalue weighted by molar-refractivity contribution is 7.99. The Morgan fingerprint density at radius 2 is 0.752 bits per heavy atom. The number of morpholine rings is 1. The number of esters is 9. The molecule has 7 atom stereocenters. The summed E-state index contributed by atoms with van der Waals surface area (Å²) in [5, 5.41) is 0. The van der Waals surface area contributed by atoms with E-state index in [-0.39, 0.29) is 96.5 Å². The van der Waals surface area contributed by atoms with Gasteiger partial charge in [0.05, 0.1) is 91.7 Å². The maximum atomic E-state index is 11.2. The minimum atomic E-state index is -0.266. The number of thioether (sulfide) groups is 1. The molecule has 5 aromatic heterocycles. The van der Waals surface area contributed by atoms with Crippen LogP contribution in [0, 0.1) is 13.8 Å². The van der Waals surface area contributed by atoms with Gasteiger partial charge in [0, 0.05) is 157 Å². The molecule has 34 heteroatoms. The van der Waals surface area contributed by atoms with E-state index in [0.29, 0.717) is 45.9 Å². The second-order valence-corrected chi connectivity index (χ2v) is 33.1. The number of carbonyl (C=O) groups is 9. The lowest BCUT2D eigenvalue weighted by molar-refractivity contribution is -0.147. The number of aryl methyl sites for hydroxylation is 2. The van der Waals surface area contributed by atoms with E-state index in [4.69, 9.17) is 52.4 Å². The highest BCUT2D eigenvalue weighted by Crippen LogP contribution is 2.26. The number of aromatic nitrogens is 10. The molecule has 0 aliphatic carbocycles. The van der Waals surface area contributed by atoms with Crippen molar-refractivity contribution in [3.63, 3.8) is 0 Å². The van der Waals surface area contributed by atoms with Crippen LogP contribution in [0.1, 0.15) is 155 Å². The predicted octanol–water partition coefficient (Wildman–Crippen LogP) is 12.9. The number of imidazole rings is 5. The molecule has 0 spiro atoms. The summed E-state index contributed by atoms with van der Waals surface area (Å²) in [4.78, 5) is 127. The summed E-state index contributed by atoms with van der Waals surface area (Å²) >= 11 is 1.99. The molecule has 33 nitrogen and oxygen atoms in total. The molecule has 129 heavy (non-hydrogen) atoms. The van der Waals surface area contributed by atoms with Gasteiger partial charge in [-0.15, -0.1) is 0 Å². The van der Waals surface area contributed by atoms with Gasteiger partial charge in [-0.05, 0) is 151 Å². The zero-order valence-corrected chi connectivity index (χ0v) is 79.9. The van der Waals surface area contributed by atoms with Crippen LogP contribution in [-0.4, -0.2) is 280 Å². The van der Waals surface area contributed by atoms with Gasteiger partial charge in [0.1, 0.15) is 73.4 Å². The van der Waals surface area contributed by atoms with Crippen molar-refractivity contribution in [2.45, 2.75) is 232 Å². The average Bonchev–Trinajstić information content (AvgIpc) is 1.64. The van der Waals surface area contributed by atoms with Crippen molar-refractivity contribution in [2.24, 2.45) is 0 Å². The second kappa shape index (κ2) is 60.8. The van der Waals surface area contributed by atoms with Gasteiger partial charge in [0.2, 0.25) is 0 Å². The molecule has 4 aliphatic heterocycles. The van der Waals surface area contributed by atoms with Crippen LogP contribution in [0.2, 0.25) is 0 Å². The summed E-state index contributed by atoms with van der Waals surface area (Å²) in [7, 11) is 0. The molecule has 4 aliphatic rings. The van der Waals surface area contributed by atoms with Crippen LogP contribution in [-0.2, 0) is 123 Å². The Kier molecular flexibility index (Phi) is 51.2. The Hall–Kier alpha value is -10.9. The molecule has 0 N–H and O–H groups in total. The molecule has 13 rings (SSSR count). The third-order valence-electron chi connectivity index (χ3n) is 19.7. The van der Waals surface area contributed by atoms with Crippen molar-refractivity contribution in [2.75, 3.05) is 116 Å². The molecular weight excluding hydrogens is 1670 g/mol. The summed E-state index contributed by atoms with van der Waals surface area (Å²) < 4.78 is 60.4. The number of fused-ring (bicyclic) bond motifs is 3. The lowest BCUT2D eigenvalue weighted by atomic mass is 10.1. The number of hydrogen-bond donors (Lipinski definition) is 0. The van der Waals surface area contributed by atoms with E-state index in [1.807, 2.05) is 203 Å². The van der Waals surface area contributed by atoms with Crippen LogP contribution in [0.4, 0.5) is 0 Å². The molecule has 0 amide bonds.